The van der Waals surface area contributed by atoms with Crippen molar-refractivity contribution in [1.29, 1.82) is 0 Å². The summed E-state index contributed by atoms with van der Waals surface area (Å²) >= 11 is 0. The lowest BCUT2D eigenvalue weighted by atomic mass is 10.1. The summed E-state index contributed by atoms with van der Waals surface area (Å²) in [5.41, 5.74) is 0.556. The number of carboxylic acid groups (broad SMARTS) is 1. The highest BCUT2D eigenvalue weighted by atomic mass is 16.4. The lowest BCUT2D eigenvalue weighted by Gasteiger charge is -2.22. The predicted octanol–water partition coefficient (Wildman–Crippen LogP) is 1.41. The molecule has 2 amide bonds. The summed E-state index contributed by atoms with van der Waals surface area (Å²) in [6.07, 6.45) is 0.833. The lowest BCUT2D eigenvalue weighted by Crippen LogP contribution is -2.42. The number of carboxylic acids is 1. The van der Waals surface area contributed by atoms with Gasteiger partial charge in [-0.2, -0.15) is 0 Å². The second kappa shape index (κ2) is 8.26. The molecule has 0 aliphatic rings. The molecule has 0 radical (unpaired) electrons. The Morgan fingerprint density at radius 2 is 1.76 bits per heavy atom. The first-order valence-electron chi connectivity index (χ1n) is 6.86. The Labute approximate surface area is 125 Å². The summed E-state index contributed by atoms with van der Waals surface area (Å²) < 4.78 is 0. The number of aliphatic carboxylic acids is 1. The van der Waals surface area contributed by atoms with Gasteiger partial charge >= 0.3 is 12.0 Å². The van der Waals surface area contributed by atoms with Crippen molar-refractivity contribution in [3.63, 3.8) is 0 Å². The molecule has 1 aromatic rings. The first-order chi connectivity index (χ1) is 9.91. The van der Waals surface area contributed by atoms with Gasteiger partial charge < -0.3 is 20.2 Å². The van der Waals surface area contributed by atoms with E-state index < -0.39 is 12.0 Å². The molecule has 0 heterocycles. The highest BCUT2D eigenvalue weighted by molar-refractivity contribution is 5.83. The van der Waals surface area contributed by atoms with Gasteiger partial charge in [0.1, 0.15) is 0 Å². The van der Waals surface area contributed by atoms with Crippen LogP contribution in [-0.4, -0.2) is 61.1 Å². The summed E-state index contributed by atoms with van der Waals surface area (Å²) in [4.78, 5) is 26.9. The number of hydrogen-bond acceptors (Lipinski definition) is 3. The zero-order valence-electron chi connectivity index (χ0n) is 12.7. The zero-order valence-corrected chi connectivity index (χ0v) is 12.7. The minimum Gasteiger partial charge on any atom is -0.479 e. The molecule has 6 heteroatoms. The monoisotopic (exact) mass is 293 g/mol. The maximum Gasteiger partial charge on any atom is 0.330 e. The van der Waals surface area contributed by atoms with Crippen LogP contribution in [0.3, 0.4) is 0 Å². The number of carbonyl (C=O) groups is 2. The van der Waals surface area contributed by atoms with E-state index in [0.717, 1.165) is 13.0 Å². The number of hydrogen-bond donors (Lipinski definition) is 2. The van der Waals surface area contributed by atoms with Crippen LogP contribution in [0.25, 0.3) is 0 Å². The van der Waals surface area contributed by atoms with E-state index in [1.807, 2.05) is 19.0 Å². The van der Waals surface area contributed by atoms with Crippen molar-refractivity contribution >= 4 is 12.0 Å². The molecule has 6 nitrogen and oxygen atoms in total. The number of nitrogens with one attached hydrogen (secondary N) is 1. The van der Waals surface area contributed by atoms with Crippen LogP contribution in [0.1, 0.15) is 18.0 Å². The van der Waals surface area contributed by atoms with Gasteiger partial charge in [-0.1, -0.05) is 30.3 Å². The van der Waals surface area contributed by atoms with Crippen LogP contribution in [0.15, 0.2) is 30.3 Å². The zero-order chi connectivity index (χ0) is 15.8. The molecule has 116 valence electrons. The standard InChI is InChI=1S/C15H23N3O3/c1-17(2)10-7-11-18(3)15(21)16-13(14(19)20)12-8-5-4-6-9-12/h4-6,8-9,13H,7,10-11H2,1-3H3,(H,16,21)(H,19,20). The number of rotatable bonds is 7. The van der Waals surface area contributed by atoms with Crippen molar-refractivity contribution in [2.75, 3.05) is 34.2 Å². The molecule has 1 rings (SSSR count). The molecule has 1 aromatic carbocycles. The Bertz CT molecular complexity index is 462. The fourth-order valence-electron chi connectivity index (χ4n) is 1.89. The number of carbonyl (C=O) groups excluding carboxylic acids is 1. The quantitative estimate of drug-likeness (QED) is 0.797. The smallest absolute Gasteiger partial charge is 0.330 e. The molecule has 21 heavy (non-hydrogen) atoms. The first-order valence-corrected chi connectivity index (χ1v) is 6.86. The van der Waals surface area contributed by atoms with E-state index in [4.69, 9.17) is 0 Å². The molecule has 0 saturated carbocycles. The summed E-state index contributed by atoms with van der Waals surface area (Å²) in [7, 11) is 5.60. The van der Waals surface area contributed by atoms with Gasteiger partial charge in [0, 0.05) is 13.6 Å². The van der Waals surface area contributed by atoms with Crippen LogP contribution in [0.5, 0.6) is 0 Å². The molecule has 0 aliphatic carbocycles. The molecule has 1 atom stereocenters. The number of benzene rings is 1. The van der Waals surface area contributed by atoms with Crippen LogP contribution in [-0.2, 0) is 4.79 Å². The summed E-state index contributed by atoms with van der Waals surface area (Å²) in [5.74, 6) is -1.07. The fourth-order valence-corrected chi connectivity index (χ4v) is 1.89. The molecule has 0 fully saturated rings. The Hall–Kier alpha value is -2.08. The molecule has 0 spiro atoms. The normalized spacial score (nSPS) is 12.0. The Kier molecular flexibility index (Phi) is 6.68. The third kappa shape index (κ3) is 5.83. The van der Waals surface area contributed by atoms with Crippen LogP contribution in [0, 0.1) is 0 Å². The van der Waals surface area contributed by atoms with Gasteiger partial charge in [0.2, 0.25) is 0 Å². The molecular weight excluding hydrogens is 270 g/mol. The maximum absolute atomic E-state index is 12.0. The van der Waals surface area contributed by atoms with Gasteiger partial charge in [-0.05, 0) is 32.6 Å². The minimum atomic E-state index is -1.07. The van der Waals surface area contributed by atoms with Crippen molar-refractivity contribution in [1.82, 2.24) is 15.1 Å². The molecule has 0 aromatic heterocycles. The van der Waals surface area contributed by atoms with E-state index in [1.165, 1.54) is 4.90 Å². The van der Waals surface area contributed by atoms with Gasteiger partial charge in [0.15, 0.2) is 6.04 Å². The topological polar surface area (TPSA) is 72.9 Å². The highest BCUT2D eigenvalue weighted by Gasteiger charge is 2.23. The van der Waals surface area contributed by atoms with E-state index in [2.05, 4.69) is 5.32 Å². The number of nitrogens with zero attached hydrogens (tertiary/aromatic N) is 2. The Morgan fingerprint density at radius 3 is 2.29 bits per heavy atom. The first kappa shape index (κ1) is 17.0. The predicted molar refractivity (Wildman–Crippen MR) is 81.2 cm³/mol. The molecule has 2 N–H and O–H groups in total. The van der Waals surface area contributed by atoms with Gasteiger partial charge in [0.05, 0.1) is 0 Å². The van der Waals surface area contributed by atoms with E-state index in [0.29, 0.717) is 12.1 Å². The maximum atomic E-state index is 12.0. The molecular formula is C15H23N3O3. The average molecular weight is 293 g/mol. The SMILES string of the molecule is CN(C)CCCN(C)C(=O)NC(C(=O)O)c1ccccc1. The van der Waals surface area contributed by atoms with Crippen molar-refractivity contribution in [3.8, 4) is 0 Å². The van der Waals surface area contributed by atoms with E-state index in [9.17, 15) is 14.7 Å². The Balaban J connectivity index is 2.59. The van der Waals surface area contributed by atoms with E-state index >= 15 is 0 Å². The third-order valence-electron chi connectivity index (χ3n) is 3.09. The third-order valence-corrected chi connectivity index (χ3v) is 3.09. The molecule has 0 aliphatic heterocycles. The molecule has 0 saturated heterocycles. The van der Waals surface area contributed by atoms with Crippen molar-refractivity contribution in [2.24, 2.45) is 0 Å². The van der Waals surface area contributed by atoms with Crippen molar-refractivity contribution < 1.29 is 14.7 Å². The van der Waals surface area contributed by atoms with Crippen LogP contribution in [0.4, 0.5) is 4.79 Å². The summed E-state index contributed by atoms with van der Waals surface area (Å²) in [6, 6.07) is 7.25. The van der Waals surface area contributed by atoms with Crippen molar-refractivity contribution in [2.45, 2.75) is 12.5 Å². The average Bonchev–Trinajstić information content (AvgIpc) is 2.44. The van der Waals surface area contributed by atoms with Crippen LogP contribution >= 0.6 is 0 Å². The lowest BCUT2D eigenvalue weighted by molar-refractivity contribution is -0.139. The molecule has 0 bridgehead atoms. The van der Waals surface area contributed by atoms with Gasteiger partial charge in [-0.25, -0.2) is 9.59 Å². The summed E-state index contributed by atoms with van der Waals surface area (Å²) in [6.45, 7) is 1.45. The second-order valence-corrected chi connectivity index (χ2v) is 5.21. The van der Waals surface area contributed by atoms with Gasteiger partial charge in [0.25, 0.3) is 0 Å². The van der Waals surface area contributed by atoms with E-state index in [1.54, 1.807) is 37.4 Å². The van der Waals surface area contributed by atoms with Crippen LogP contribution < -0.4 is 5.32 Å². The summed E-state index contributed by atoms with van der Waals surface area (Å²) in [5, 5.41) is 11.8. The molecule has 1 unspecified atom stereocenters. The minimum absolute atomic E-state index is 0.384. The highest BCUT2D eigenvalue weighted by Crippen LogP contribution is 2.13. The fraction of sp³-hybridized carbons (Fsp3) is 0.467. The van der Waals surface area contributed by atoms with Gasteiger partial charge in [-0.3, -0.25) is 0 Å². The Morgan fingerprint density at radius 1 is 1.14 bits per heavy atom. The van der Waals surface area contributed by atoms with E-state index in [-0.39, 0.29) is 6.03 Å². The number of urea groups is 1. The van der Waals surface area contributed by atoms with Crippen LogP contribution in [0.2, 0.25) is 0 Å². The van der Waals surface area contributed by atoms with Crippen molar-refractivity contribution in [3.05, 3.63) is 35.9 Å². The second-order valence-electron chi connectivity index (χ2n) is 5.21. The van der Waals surface area contributed by atoms with Gasteiger partial charge in [-0.15, -0.1) is 0 Å². The largest absolute Gasteiger partial charge is 0.479 e. The number of amides is 2.